The molecular formula is C10H6BrCl2FN4. The molecule has 4 nitrogen and oxygen atoms in total. The highest BCUT2D eigenvalue weighted by atomic mass is 79.9. The first-order valence-corrected chi connectivity index (χ1v) is 6.30. The Morgan fingerprint density at radius 3 is 2.39 bits per heavy atom. The van der Waals surface area contributed by atoms with Crippen LogP contribution in [0.2, 0.25) is 10.6 Å². The Bertz CT molecular complexity index is 588. The van der Waals surface area contributed by atoms with Crippen molar-refractivity contribution in [2.45, 2.75) is 6.92 Å². The van der Waals surface area contributed by atoms with E-state index in [0.29, 0.717) is 15.7 Å². The van der Waals surface area contributed by atoms with Crippen LogP contribution in [0.3, 0.4) is 0 Å². The van der Waals surface area contributed by atoms with Gasteiger partial charge in [-0.2, -0.15) is 15.0 Å². The SMILES string of the molecule is Cc1cc(F)c(Br)cc1Nc1nc(Cl)nc(Cl)n1. The summed E-state index contributed by atoms with van der Waals surface area (Å²) in [6, 6.07) is 2.97. The van der Waals surface area contributed by atoms with Crippen molar-refractivity contribution in [1.82, 2.24) is 15.0 Å². The second kappa shape index (κ2) is 5.34. The molecule has 0 aliphatic heterocycles. The minimum Gasteiger partial charge on any atom is -0.324 e. The van der Waals surface area contributed by atoms with Crippen molar-refractivity contribution in [1.29, 1.82) is 0 Å². The number of hydrogen-bond acceptors (Lipinski definition) is 4. The molecule has 0 bridgehead atoms. The summed E-state index contributed by atoms with van der Waals surface area (Å²) in [5.41, 5.74) is 1.34. The van der Waals surface area contributed by atoms with Gasteiger partial charge in [0.05, 0.1) is 4.47 Å². The van der Waals surface area contributed by atoms with E-state index in [-0.39, 0.29) is 22.3 Å². The van der Waals surface area contributed by atoms with Gasteiger partial charge in [0.15, 0.2) is 0 Å². The third-order valence-electron chi connectivity index (χ3n) is 2.09. The number of anilines is 2. The Kier molecular flexibility index (Phi) is 3.99. The third-order valence-corrected chi connectivity index (χ3v) is 3.04. The van der Waals surface area contributed by atoms with Gasteiger partial charge < -0.3 is 5.32 Å². The summed E-state index contributed by atoms with van der Waals surface area (Å²) >= 11 is 14.4. The highest BCUT2D eigenvalue weighted by molar-refractivity contribution is 9.10. The van der Waals surface area contributed by atoms with E-state index in [2.05, 4.69) is 36.2 Å². The van der Waals surface area contributed by atoms with Crippen LogP contribution in [0.4, 0.5) is 16.0 Å². The van der Waals surface area contributed by atoms with Crippen LogP contribution < -0.4 is 5.32 Å². The van der Waals surface area contributed by atoms with Gasteiger partial charge in [0.25, 0.3) is 0 Å². The Balaban J connectivity index is 2.36. The number of aromatic nitrogens is 3. The fourth-order valence-corrected chi connectivity index (χ4v) is 1.99. The smallest absolute Gasteiger partial charge is 0.232 e. The normalized spacial score (nSPS) is 10.5. The molecular weight excluding hydrogens is 346 g/mol. The molecule has 0 saturated heterocycles. The van der Waals surface area contributed by atoms with E-state index in [1.807, 2.05) is 0 Å². The minimum absolute atomic E-state index is 0.0173. The molecule has 0 atom stereocenters. The van der Waals surface area contributed by atoms with E-state index in [4.69, 9.17) is 23.2 Å². The molecule has 2 rings (SSSR count). The fraction of sp³-hybridized carbons (Fsp3) is 0.100. The lowest BCUT2D eigenvalue weighted by atomic mass is 10.2. The summed E-state index contributed by atoms with van der Waals surface area (Å²) in [6.07, 6.45) is 0. The molecule has 0 amide bonds. The minimum atomic E-state index is -0.343. The zero-order valence-corrected chi connectivity index (χ0v) is 12.1. The van der Waals surface area contributed by atoms with Crippen molar-refractivity contribution in [3.05, 3.63) is 38.6 Å². The van der Waals surface area contributed by atoms with E-state index in [1.54, 1.807) is 13.0 Å². The van der Waals surface area contributed by atoms with E-state index >= 15 is 0 Å². The Morgan fingerprint density at radius 2 is 1.78 bits per heavy atom. The number of nitrogens with zero attached hydrogens (tertiary/aromatic N) is 3. The molecule has 0 unspecified atom stereocenters. The molecule has 0 spiro atoms. The van der Waals surface area contributed by atoms with Crippen molar-refractivity contribution in [2.75, 3.05) is 5.32 Å². The molecule has 0 aliphatic rings. The zero-order chi connectivity index (χ0) is 13.3. The van der Waals surface area contributed by atoms with Gasteiger partial charge in [-0.25, -0.2) is 4.39 Å². The van der Waals surface area contributed by atoms with Gasteiger partial charge in [-0.3, -0.25) is 0 Å². The summed E-state index contributed by atoms with van der Waals surface area (Å²) < 4.78 is 13.6. The third kappa shape index (κ3) is 3.07. The molecule has 2 aromatic rings. The van der Waals surface area contributed by atoms with Crippen LogP contribution in [-0.2, 0) is 0 Å². The summed E-state index contributed by atoms with van der Waals surface area (Å²) in [5, 5.41) is 2.86. The number of aryl methyl sites for hydroxylation is 1. The fourth-order valence-electron chi connectivity index (χ4n) is 1.28. The van der Waals surface area contributed by atoms with Crippen molar-refractivity contribution in [3.8, 4) is 0 Å². The predicted octanol–water partition coefficient (Wildman–Crippen LogP) is 4.13. The van der Waals surface area contributed by atoms with E-state index in [9.17, 15) is 4.39 Å². The Morgan fingerprint density at radius 1 is 1.17 bits per heavy atom. The first-order chi connectivity index (χ1) is 8.45. The average molecular weight is 352 g/mol. The standard InChI is InChI=1S/C10H6BrCl2FN4/c1-4-2-6(14)5(11)3-7(4)15-10-17-8(12)16-9(13)18-10/h2-3H,1H3,(H,15,16,17,18). The lowest BCUT2D eigenvalue weighted by molar-refractivity contribution is 0.620. The number of benzene rings is 1. The molecule has 1 aromatic carbocycles. The van der Waals surface area contributed by atoms with Crippen LogP contribution in [0.25, 0.3) is 0 Å². The van der Waals surface area contributed by atoms with Gasteiger partial charge in [-0.15, -0.1) is 0 Å². The quantitative estimate of drug-likeness (QED) is 0.883. The maximum absolute atomic E-state index is 13.3. The van der Waals surface area contributed by atoms with Crippen LogP contribution in [0, 0.1) is 12.7 Å². The molecule has 0 aliphatic carbocycles. The summed E-state index contributed by atoms with van der Waals surface area (Å²) in [4.78, 5) is 11.4. The van der Waals surface area contributed by atoms with E-state index in [1.165, 1.54) is 6.07 Å². The lowest BCUT2D eigenvalue weighted by Crippen LogP contribution is -2.01. The molecule has 1 heterocycles. The van der Waals surface area contributed by atoms with Crippen LogP contribution in [0.15, 0.2) is 16.6 Å². The van der Waals surface area contributed by atoms with Crippen LogP contribution in [0.1, 0.15) is 5.56 Å². The second-order valence-corrected chi connectivity index (χ2v) is 4.93. The average Bonchev–Trinajstić information content (AvgIpc) is 2.24. The van der Waals surface area contributed by atoms with Crippen LogP contribution in [-0.4, -0.2) is 15.0 Å². The Labute approximate surface area is 121 Å². The number of nitrogens with one attached hydrogen (secondary N) is 1. The van der Waals surface area contributed by atoms with Gasteiger partial charge in [0.1, 0.15) is 5.82 Å². The number of rotatable bonds is 2. The van der Waals surface area contributed by atoms with E-state index in [0.717, 1.165) is 0 Å². The largest absolute Gasteiger partial charge is 0.324 e. The molecule has 0 radical (unpaired) electrons. The van der Waals surface area contributed by atoms with Gasteiger partial charge in [-0.05, 0) is 63.8 Å². The van der Waals surface area contributed by atoms with Gasteiger partial charge >= 0.3 is 0 Å². The molecule has 0 fully saturated rings. The summed E-state index contributed by atoms with van der Waals surface area (Å²) in [6.45, 7) is 1.75. The van der Waals surface area contributed by atoms with Crippen molar-refractivity contribution < 1.29 is 4.39 Å². The summed E-state index contributed by atoms with van der Waals surface area (Å²) in [5.74, 6) is -0.147. The lowest BCUT2D eigenvalue weighted by Gasteiger charge is -2.09. The highest BCUT2D eigenvalue weighted by Crippen LogP contribution is 2.26. The van der Waals surface area contributed by atoms with Crippen molar-refractivity contribution >= 4 is 50.8 Å². The maximum Gasteiger partial charge on any atom is 0.232 e. The second-order valence-electron chi connectivity index (χ2n) is 3.40. The van der Waals surface area contributed by atoms with Crippen molar-refractivity contribution in [3.63, 3.8) is 0 Å². The molecule has 94 valence electrons. The van der Waals surface area contributed by atoms with E-state index < -0.39 is 0 Å². The molecule has 0 saturated carbocycles. The predicted molar refractivity (Wildman–Crippen MR) is 72.0 cm³/mol. The topological polar surface area (TPSA) is 50.7 Å². The first-order valence-electron chi connectivity index (χ1n) is 4.75. The van der Waals surface area contributed by atoms with Gasteiger partial charge in [0, 0.05) is 5.69 Å². The molecule has 1 aromatic heterocycles. The first kappa shape index (κ1) is 13.5. The molecule has 18 heavy (non-hydrogen) atoms. The Hall–Kier alpha value is -0.980. The monoisotopic (exact) mass is 350 g/mol. The molecule has 1 N–H and O–H groups in total. The molecule has 8 heteroatoms. The summed E-state index contributed by atoms with van der Waals surface area (Å²) in [7, 11) is 0. The van der Waals surface area contributed by atoms with Crippen molar-refractivity contribution in [2.24, 2.45) is 0 Å². The van der Waals surface area contributed by atoms with Gasteiger partial charge in [0.2, 0.25) is 16.5 Å². The number of halogens is 4. The van der Waals surface area contributed by atoms with Gasteiger partial charge in [-0.1, -0.05) is 0 Å². The maximum atomic E-state index is 13.3. The van der Waals surface area contributed by atoms with Crippen LogP contribution >= 0.6 is 39.1 Å². The number of hydrogen-bond donors (Lipinski definition) is 1. The highest BCUT2D eigenvalue weighted by Gasteiger charge is 2.08. The van der Waals surface area contributed by atoms with Crippen LogP contribution in [0.5, 0.6) is 0 Å². The zero-order valence-electron chi connectivity index (χ0n) is 9.01.